The minimum absolute atomic E-state index is 0.0299. The van der Waals surface area contributed by atoms with E-state index in [1.54, 1.807) is 36.4 Å². The molecule has 2 heterocycles. The molecule has 0 spiro atoms. The Kier molecular flexibility index (Phi) is 5.38. The molecule has 6 nitrogen and oxygen atoms in total. The molecule has 26 heavy (non-hydrogen) atoms. The number of pyridine rings is 1. The lowest BCUT2D eigenvalue weighted by molar-refractivity contribution is 0.0939. The Morgan fingerprint density at radius 2 is 1.58 bits per heavy atom. The van der Waals surface area contributed by atoms with E-state index < -0.39 is 17.6 Å². The first-order valence-corrected chi connectivity index (χ1v) is 7.93. The summed E-state index contributed by atoms with van der Waals surface area (Å²) in [5, 5.41) is 5.24. The number of hydrogen-bond acceptors (Lipinski definition) is 4. The summed E-state index contributed by atoms with van der Waals surface area (Å²) in [5.74, 6) is -0.706. The summed E-state index contributed by atoms with van der Waals surface area (Å²) < 4.78 is 18.7. The molecule has 3 rings (SSSR count). The van der Waals surface area contributed by atoms with Crippen molar-refractivity contribution >= 4 is 11.8 Å². The van der Waals surface area contributed by atoms with Gasteiger partial charge in [0.2, 0.25) is 0 Å². The predicted molar refractivity (Wildman–Crippen MR) is 91.7 cm³/mol. The van der Waals surface area contributed by atoms with Gasteiger partial charge in [-0.1, -0.05) is 24.3 Å². The molecule has 0 aliphatic carbocycles. The Hall–Kier alpha value is -3.48. The van der Waals surface area contributed by atoms with Gasteiger partial charge >= 0.3 is 0 Å². The van der Waals surface area contributed by atoms with Crippen molar-refractivity contribution in [3.8, 4) is 0 Å². The van der Waals surface area contributed by atoms with Crippen LogP contribution in [0, 0.1) is 5.82 Å². The number of nitrogens with one attached hydrogen (secondary N) is 2. The van der Waals surface area contributed by atoms with Gasteiger partial charge < -0.3 is 15.1 Å². The van der Waals surface area contributed by atoms with Crippen LogP contribution in [0.5, 0.6) is 0 Å². The summed E-state index contributed by atoms with van der Waals surface area (Å²) in [4.78, 5) is 28.4. The second-order valence-electron chi connectivity index (χ2n) is 5.44. The summed E-state index contributed by atoms with van der Waals surface area (Å²) in [5.41, 5.74) is 0.551. The lowest BCUT2D eigenvalue weighted by Crippen LogP contribution is -2.27. The summed E-state index contributed by atoms with van der Waals surface area (Å²) >= 11 is 0. The van der Waals surface area contributed by atoms with E-state index in [0.29, 0.717) is 11.3 Å². The van der Waals surface area contributed by atoms with Crippen LogP contribution in [0.3, 0.4) is 0 Å². The van der Waals surface area contributed by atoms with Crippen LogP contribution in [-0.2, 0) is 13.1 Å². The van der Waals surface area contributed by atoms with Gasteiger partial charge in [-0.15, -0.1) is 0 Å². The molecule has 0 aliphatic rings. The fourth-order valence-corrected chi connectivity index (χ4v) is 2.27. The first kappa shape index (κ1) is 17.3. The Morgan fingerprint density at radius 1 is 0.885 bits per heavy atom. The Balaban J connectivity index is 1.61. The highest BCUT2D eigenvalue weighted by Gasteiger charge is 2.13. The lowest BCUT2D eigenvalue weighted by atomic mass is 10.2. The van der Waals surface area contributed by atoms with Crippen molar-refractivity contribution in [3.63, 3.8) is 0 Å². The zero-order valence-electron chi connectivity index (χ0n) is 13.7. The molecule has 2 aromatic heterocycles. The maximum absolute atomic E-state index is 13.6. The highest BCUT2D eigenvalue weighted by atomic mass is 19.1. The van der Waals surface area contributed by atoms with Gasteiger partial charge in [-0.3, -0.25) is 9.59 Å². The molecule has 0 atom stereocenters. The van der Waals surface area contributed by atoms with Gasteiger partial charge in [0.15, 0.2) is 0 Å². The fraction of sp³-hybridized carbons (Fsp3) is 0.105. The number of rotatable bonds is 6. The quantitative estimate of drug-likeness (QED) is 0.714. The van der Waals surface area contributed by atoms with Crippen molar-refractivity contribution in [2.24, 2.45) is 0 Å². The number of aromatic nitrogens is 1. The summed E-state index contributed by atoms with van der Waals surface area (Å²) in [6.07, 6.45) is 1.51. The van der Waals surface area contributed by atoms with Crippen LogP contribution in [0.4, 0.5) is 4.39 Å². The number of hydrogen-bond donors (Lipinski definition) is 2. The fourth-order valence-electron chi connectivity index (χ4n) is 2.27. The van der Waals surface area contributed by atoms with Crippen LogP contribution in [0.15, 0.2) is 65.3 Å². The maximum atomic E-state index is 13.6. The molecule has 0 fully saturated rings. The number of carbonyl (C=O) groups excluding carboxylic acids is 2. The third kappa shape index (κ3) is 4.32. The van der Waals surface area contributed by atoms with Crippen molar-refractivity contribution in [1.29, 1.82) is 0 Å². The molecular weight excluding hydrogens is 337 g/mol. The second-order valence-corrected chi connectivity index (χ2v) is 5.44. The molecule has 7 heteroatoms. The van der Waals surface area contributed by atoms with Gasteiger partial charge in [0.05, 0.1) is 12.8 Å². The second kappa shape index (κ2) is 8.06. The number of benzene rings is 1. The predicted octanol–water partition coefficient (Wildman–Crippen LogP) is 2.67. The van der Waals surface area contributed by atoms with Gasteiger partial charge in [-0.2, -0.15) is 0 Å². The first-order chi connectivity index (χ1) is 12.6. The van der Waals surface area contributed by atoms with Gasteiger partial charge in [0, 0.05) is 12.1 Å². The van der Waals surface area contributed by atoms with Crippen molar-refractivity contribution in [1.82, 2.24) is 15.6 Å². The van der Waals surface area contributed by atoms with E-state index in [1.807, 2.05) is 0 Å². The smallest absolute Gasteiger partial charge is 0.270 e. The van der Waals surface area contributed by atoms with Crippen LogP contribution in [0.25, 0.3) is 0 Å². The highest BCUT2D eigenvalue weighted by Crippen LogP contribution is 2.07. The number of nitrogens with zero attached hydrogens (tertiary/aromatic N) is 1. The standard InChI is InChI=1S/C19H16FN3O3/c20-15-7-2-1-5-13(15)11-21-18(24)16-8-3-9-17(23-16)19(25)22-12-14-6-4-10-26-14/h1-10H,11-12H2,(H,21,24)(H,22,25). The topological polar surface area (TPSA) is 84.2 Å². The molecule has 0 aliphatic heterocycles. The molecule has 0 saturated heterocycles. The molecule has 0 saturated carbocycles. The summed E-state index contributed by atoms with van der Waals surface area (Å²) in [6, 6.07) is 14.2. The molecule has 0 radical (unpaired) electrons. The lowest BCUT2D eigenvalue weighted by Gasteiger charge is -2.07. The zero-order chi connectivity index (χ0) is 18.4. The number of halogens is 1. The summed E-state index contributed by atoms with van der Waals surface area (Å²) in [6.45, 7) is 0.249. The highest BCUT2D eigenvalue weighted by molar-refractivity contribution is 5.96. The van der Waals surface area contributed by atoms with Crippen molar-refractivity contribution in [2.45, 2.75) is 13.1 Å². The first-order valence-electron chi connectivity index (χ1n) is 7.93. The average Bonchev–Trinajstić information content (AvgIpc) is 3.19. The molecule has 0 unspecified atom stereocenters. The molecule has 1 aromatic carbocycles. The van der Waals surface area contributed by atoms with Crippen LogP contribution >= 0.6 is 0 Å². The minimum Gasteiger partial charge on any atom is -0.467 e. The third-order valence-electron chi connectivity index (χ3n) is 3.61. The average molecular weight is 353 g/mol. The van der Waals surface area contributed by atoms with Gasteiger partial charge in [0.1, 0.15) is 23.0 Å². The number of furan rings is 1. The third-order valence-corrected chi connectivity index (χ3v) is 3.61. The Bertz CT molecular complexity index is 910. The molecule has 2 N–H and O–H groups in total. The molecule has 3 aromatic rings. The minimum atomic E-state index is -0.492. The van der Waals surface area contributed by atoms with E-state index in [-0.39, 0.29) is 24.5 Å². The van der Waals surface area contributed by atoms with Gasteiger partial charge in [-0.05, 0) is 30.3 Å². The van der Waals surface area contributed by atoms with E-state index in [1.165, 1.54) is 24.5 Å². The Labute approximate surface area is 149 Å². The van der Waals surface area contributed by atoms with Crippen LogP contribution < -0.4 is 10.6 Å². The zero-order valence-corrected chi connectivity index (χ0v) is 13.7. The number of amides is 2. The van der Waals surface area contributed by atoms with Crippen LogP contribution in [0.2, 0.25) is 0 Å². The molecule has 0 bridgehead atoms. The van der Waals surface area contributed by atoms with Crippen molar-refractivity contribution < 1.29 is 18.4 Å². The SMILES string of the molecule is O=C(NCc1ccco1)c1cccc(C(=O)NCc2ccccc2F)n1. The van der Waals surface area contributed by atoms with E-state index in [0.717, 1.165) is 0 Å². The van der Waals surface area contributed by atoms with Crippen LogP contribution in [-0.4, -0.2) is 16.8 Å². The Morgan fingerprint density at radius 3 is 2.23 bits per heavy atom. The van der Waals surface area contributed by atoms with Gasteiger partial charge in [-0.25, -0.2) is 9.37 Å². The van der Waals surface area contributed by atoms with Crippen molar-refractivity contribution in [2.75, 3.05) is 0 Å². The maximum Gasteiger partial charge on any atom is 0.270 e. The van der Waals surface area contributed by atoms with E-state index >= 15 is 0 Å². The molecule has 2 amide bonds. The number of carbonyl (C=O) groups is 2. The van der Waals surface area contributed by atoms with E-state index in [9.17, 15) is 14.0 Å². The van der Waals surface area contributed by atoms with Crippen LogP contribution in [0.1, 0.15) is 32.3 Å². The summed E-state index contributed by atoms with van der Waals surface area (Å²) in [7, 11) is 0. The monoisotopic (exact) mass is 353 g/mol. The molecule has 132 valence electrons. The normalized spacial score (nSPS) is 10.3. The largest absolute Gasteiger partial charge is 0.467 e. The van der Waals surface area contributed by atoms with Gasteiger partial charge in [0.25, 0.3) is 11.8 Å². The van der Waals surface area contributed by atoms with E-state index in [4.69, 9.17) is 4.42 Å². The molecular formula is C19H16FN3O3. The van der Waals surface area contributed by atoms with E-state index in [2.05, 4.69) is 15.6 Å². The van der Waals surface area contributed by atoms with Crippen molar-refractivity contribution in [3.05, 3.63) is 89.4 Å².